The summed E-state index contributed by atoms with van der Waals surface area (Å²) >= 11 is 0. The van der Waals surface area contributed by atoms with Crippen molar-refractivity contribution in [2.75, 3.05) is 0 Å². The van der Waals surface area contributed by atoms with E-state index in [4.69, 9.17) is 9.69 Å². The maximum atomic E-state index is 8.76. The van der Waals surface area contributed by atoms with Crippen LogP contribution in [0.5, 0.6) is 0 Å². The van der Waals surface area contributed by atoms with Gasteiger partial charge >= 0.3 is 0 Å². The van der Waals surface area contributed by atoms with Gasteiger partial charge in [0.05, 0.1) is 6.07 Å². The Morgan fingerprint density at radius 1 is 1.42 bits per heavy atom. The highest BCUT2D eigenvalue weighted by Gasteiger charge is 2.19. The first-order chi connectivity index (χ1) is 5.49. The Bertz CT molecular complexity index is 157. The van der Waals surface area contributed by atoms with E-state index in [9.17, 15) is 0 Å². The third kappa shape index (κ3) is 6.38. The average Bonchev–Trinajstić information content (AvgIpc) is 1.95. The van der Waals surface area contributed by atoms with Gasteiger partial charge in [-0.1, -0.05) is 19.8 Å². The minimum absolute atomic E-state index is 0.170. The molecule has 0 saturated heterocycles. The van der Waals surface area contributed by atoms with Gasteiger partial charge in [0.15, 0.2) is 8.32 Å². The number of unbranched alkanes of at least 4 members (excludes halogenated alkanes) is 1. The molecule has 1 atom stereocenters. The SMILES string of the molecule is CCCC[C@H](C#N)O[Si](C)(C)C. The van der Waals surface area contributed by atoms with Crippen molar-refractivity contribution in [2.45, 2.75) is 51.9 Å². The van der Waals surface area contributed by atoms with E-state index in [2.05, 4.69) is 32.6 Å². The molecule has 0 heterocycles. The van der Waals surface area contributed by atoms with Crippen molar-refractivity contribution in [3.8, 4) is 6.07 Å². The number of hydrogen-bond acceptors (Lipinski definition) is 2. The van der Waals surface area contributed by atoms with Crippen molar-refractivity contribution < 1.29 is 4.43 Å². The van der Waals surface area contributed by atoms with Crippen LogP contribution in [0.4, 0.5) is 0 Å². The van der Waals surface area contributed by atoms with Crippen molar-refractivity contribution >= 4 is 8.32 Å². The highest BCUT2D eigenvalue weighted by Crippen LogP contribution is 2.11. The molecule has 0 bridgehead atoms. The van der Waals surface area contributed by atoms with Gasteiger partial charge in [-0.05, 0) is 26.1 Å². The fourth-order valence-electron chi connectivity index (χ4n) is 0.966. The first-order valence-corrected chi connectivity index (χ1v) is 7.98. The summed E-state index contributed by atoms with van der Waals surface area (Å²) in [6, 6.07) is 2.21. The van der Waals surface area contributed by atoms with E-state index in [1.54, 1.807) is 0 Å². The fourth-order valence-corrected chi connectivity index (χ4v) is 1.99. The molecule has 0 aliphatic carbocycles. The molecule has 2 nitrogen and oxygen atoms in total. The second-order valence-corrected chi connectivity index (χ2v) is 8.45. The minimum Gasteiger partial charge on any atom is -0.402 e. The lowest BCUT2D eigenvalue weighted by Crippen LogP contribution is -2.31. The van der Waals surface area contributed by atoms with E-state index in [0.29, 0.717) is 0 Å². The van der Waals surface area contributed by atoms with E-state index in [1.165, 1.54) is 0 Å². The lowest BCUT2D eigenvalue weighted by molar-refractivity contribution is 0.234. The molecule has 0 amide bonds. The van der Waals surface area contributed by atoms with Gasteiger partial charge in [0.25, 0.3) is 0 Å². The van der Waals surface area contributed by atoms with Gasteiger partial charge in [-0.2, -0.15) is 5.26 Å². The molecule has 3 heteroatoms. The first kappa shape index (κ1) is 11.7. The number of hydrogen-bond donors (Lipinski definition) is 0. The smallest absolute Gasteiger partial charge is 0.185 e. The Balaban J connectivity index is 3.78. The largest absolute Gasteiger partial charge is 0.402 e. The summed E-state index contributed by atoms with van der Waals surface area (Å²) in [5, 5.41) is 8.76. The summed E-state index contributed by atoms with van der Waals surface area (Å²) in [5.74, 6) is 0. The van der Waals surface area contributed by atoms with Crippen LogP contribution in [0.1, 0.15) is 26.2 Å². The average molecular weight is 185 g/mol. The van der Waals surface area contributed by atoms with Crippen LogP contribution in [0.2, 0.25) is 19.6 Å². The summed E-state index contributed by atoms with van der Waals surface area (Å²) < 4.78 is 5.67. The predicted molar refractivity (Wildman–Crippen MR) is 53.4 cm³/mol. The zero-order valence-corrected chi connectivity index (χ0v) is 9.55. The molecule has 0 aromatic carbocycles. The van der Waals surface area contributed by atoms with Crippen LogP contribution < -0.4 is 0 Å². The van der Waals surface area contributed by atoms with Crippen molar-refractivity contribution in [1.29, 1.82) is 5.26 Å². The second-order valence-electron chi connectivity index (χ2n) is 3.99. The van der Waals surface area contributed by atoms with E-state index in [0.717, 1.165) is 19.3 Å². The van der Waals surface area contributed by atoms with Crippen LogP contribution in [0, 0.1) is 11.3 Å². The molecule has 0 spiro atoms. The van der Waals surface area contributed by atoms with Crippen LogP contribution in [-0.4, -0.2) is 14.4 Å². The molecule has 0 aliphatic heterocycles. The molecular weight excluding hydrogens is 166 g/mol. The van der Waals surface area contributed by atoms with Gasteiger partial charge in [-0.25, -0.2) is 0 Å². The topological polar surface area (TPSA) is 33.0 Å². The molecule has 0 radical (unpaired) electrons. The maximum Gasteiger partial charge on any atom is 0.185 e. The number of nitrogens with zero attached hydrogens (tertiary/aromatic N) is 1. The summed E-state index contributed by atoms with van der Waals surface area (Å²) in [6.07, 6.45) is 2.93. The van der Waals surface area contributed by atoms with Gasteiger partial charge in [-0.15, -0.1) is 0 Å². The van der Waals surface area contributed by atoms with Crippen molar-refractivity contribution in [3.05, 3.63) is 0 Å². The molecule has 0 aromatic rings. The molecular formula is C9H19NOSi. The van der Waals surface area contributed by atoms with Gasteiger partial charge in [-0.3, -0.25) is 0 Å². The number of rotatable bonds is 5. The predicted octanol–water partition coefficient (Wildman–Crippen LogP) is 2.92. The Kier molecular flexibility index (Phi) is 5.19. The second kappa shape index (κ2) is 5.34. The van der Waals surface area contributed by atoms with Gasteiger partial charge in [0, 0.05) is 0 Å². The Morgan fingerprint density at radius 2 is 2.00 bits per heavy atom. The van der Waals surface area contributed by atoms with Crippen LogP contribution in [0.25, 0.3) is 0 Å². The molecule has 0 rings (SSSR count). The molecule has 0 N–H and O–H groups in total. The molecule has 0 aliphatic rings. The third-order valence-electron chi connectivity index (χ3n) is 1.46. The van der Waals surface area contributed by atoms with Gasteiger partial charge in [0.1, 0.15) is 6.10 Å². The van der Waals surface area contributed by atoms with E-state index in [-0.39, 0.29) is 6.10 Å². The fraction of sp³-hybridized carbons (Fsp3) is 0.889. The van der Waals surface area contributed by atoms with E-state index in [1.807, 2.05) is 0 Å². The summed E-state index contributed by atoms with van der Waals surface area (Å²) in [7, 11) is -1.51. The molecule has 0 unspecified atom stereocenters. The quantitative estimate of drug-likeness (QED) is 0.617. The molecule has 12 heavy (non-hydrogen) atoms. The zero-order chi connectivity index (χ0) is 9.61. The van der Waals surface area contributed by atoms with Crippen molar-refractivity contribution in [3.63, 3.8) is 0 Å². The third-order valence-corrected chi connectivity index (χ3v) is 2.45. The molecule has 0 fully saturated rings. The monoisotopic (exact) mass is 185 g/mol. The highest BCUT2D eigenvalue weighted by atomic mass is 28.4. The van der Waals surface area contributed by atoms with E-state index < -0.39 is 8.32 Å². The number of nitriles is 1. The Hall–Kier alpha value is -0.333. The molecule has 70 valence electrons. The summed E-state index contributed by atoms with van der Waals surface area (Å²) in [5.41, 5.74) is 0. The van der Waals surface area contributed by atoms with Crippen LogP contribution in [0.3, 0.4) is 0 Å². The highest BCUT2D eigenvalue weighted by molar-refractivity contribution is 6.69. The molecule has 0 aromatic heterocycles. The van der Waals surface area contributed by atoms with Gasteiger partial charge < -0.3 is 4.43 Å². The zero-order valence-electron chi connectivity index (χ0n) is 8.55. The van der Waals surface area contributed by atoms with Crippen LogP contribution in [0.15, 0.2) is 0 Å². The molecule has 0 saturated carbocycles. The van der Waals surface area contributed by atoms with Gasteiger partial charge in [0.2, 0.25) is 0 Å². The first-order valence-electron chi connectivity index (χ1n) is 4.57. The van der Waals surface area contributed by atoms with E-state index >= 15 is 0 Å². The lowest BCUT2D eigenvalue weighted by atomic mass is 10.2. The standard InChI is InChI=1S/C9H19NOSi/c1-5-6-7-9(8-10)11-12(2,3)4/h9H,5-7H2,1-4H3/t9-/m1/s1. The Labute approximate surface area is 76.7 Å². The van der Waals surface area contributed by atoms with Crippen LogP contribution >= 0.6 is 0 Å². The van der Waals surface area contributed by atoms with Crippen LogP contribution in [-0.2, 0) is 4.43 Å². The maximum absolute atomic E-state index is 8.76. The minimum atomic E-state index is -1.51. The van der Waals surface area contributed by atoms with Crippen molar-refractivity contribution in [2.24, 2.45) is 0 Å². The summed E-state index contributed by atoms with van der Waals surface area (Å²) in [6.45, 7) is 8.47. The van der Waals surface area contributed by atoms with Crippen molar-refractivity contribution in [1.82, 2.24) is 0 Å². The lowest BCUT2D eigenvalue weighted by Gasteiger charge is -2.21. The summed E-state index contributed by atoms with van der Waals surface area (Å²) in [4.78, 5) is 0. The Morgan fingerprint density at radius 3 is 2.33 bits per heavy atom. The normalized spacial score (nSPS) is 13.9.